The Balaban J connectivity index is 1.98. The Bertz CT molecular complexity index is 1140. The second kappa shape index (κ2) is 7.75. The van der Waals surface area contributed by atoms with Gasteiger partial charge in [0, 0.05) is 17.8 Å². The molecular formula is C21H23N3O3S. The molecule has 1 atom stereocenters. The van der Waals surface area contributed by atoms with Crippen molar-refractivity contribution in [2.45, 2.75) is 51.6 Å². The maximum atomic E-state index is 13.0. The van der Waals surface area contributed by atoms with Crippen molar-refractivity contribution in [3.8, 4) is 0 Å². The fraction of sp³-hybridized carbons (Fsp3) is 0.333. The maximum Gasteiger partial charge on any atom is 0.262 e. The van der Waals surface area contributed by atoms with E-state index in [1.807, 2.05) is 19.1 Å². The van der Waals surface area contributed by atoms with Crippen molar-refractivity contribution in [3.05, 3.63) is 57.1 Å². The summed E-state index contributed by atoms with van der Waals surface area (Å²) in [5.74, 6) is -0.190. The van der Waals surface area contributed by atoms with Crippen molar-refractivity contribution in [3.63, 3.8) is 0 Å². The normalized spacial score (nSPS) is 12.3. The SMILES string of the molecule is CCn1c(S[C@H](C)C(=O)c2[nH]c(C)c(C(C)=O)c2C)nc2ccccc2c1=O. The molecule has 3 rings (SSSR count). The number of Topliss-reactive ketones (excluding diaryl/α,β-unsaturated/α-hetero) is 2. The van der Waals surface area contributed by atoms with Gasteiger partial charge in [-0.2, -0.15) is 0 Å². The standard InChI is InChI=1S/C21H23N3O3S/c1-6-24-20(27)15-9-7-8-10-16(15)23-21(24)28-14(5)19(26)18-11(2)17(13(4)25)12(3)22-18/h7-10,14,22H,6H2,1-5H3/t14-/m1/s1. The van der Waals surface area contributed by atoms with Gasteiger partial charge in [-0.3, -0.25) is 19.0 Å². The minimum atomic E-state index is -0.470. The maximum absolute atomic E-state index is 13.0. The molecule has 2 aromatic heterocycles. The van der Waals surface area contributed by atoms with Gasteiger partial charge >= 0.3 is 0 Å². The van der Waals surface area contributed by atoms with Crippen LogP contribution in [-0.2, 0) is 6.54 Å². The molecular weight excluding hydrogens is 374 g/mol. The number of nitrogens with one attached hydrogen (secondary N) is 1. The van der Waals surface area contributed by atoms with Crippen LogP contribution in [0.4, 0.5) is 0 Å². The van der Waals surface area contributed by atoms with Crippen molar-refractivity contribution in [1.82, 2.24) is 14.5 Å². The van der Waals surface area contributed by atoms with Crippen molar-refractivity contribution in [1.29, 1.82) is 0 Å². The minimum Gasteiger partial charge on any atom is -0.355 e. The number of carbonyl (C=O) groups excluding carboxylic acids is 2. The Kier molecular flexibility index (Phi) is 5.56. The van der Waals surface area contributed by atoms with Gasteiger partial charge in [-0.25, -0.2) is 4.98 Å². The van der Waals surface area contributed by atoms with Crippen LogP contribution in [0.2, 0.25) is 0 Å². The lowest BCUT2D eigenvalue weighted by atomic mass is 10.0. The number of rotatable bonds is 6. The van der Waals surface area contributed by atoms with E-state index in [-0.39, 0.29) is 17.1 Å². The highest BCUT2D eigenvalue weighted by Gasteiger charge is 2.25. The van der Waals surface area contributed by atoms with Gasteiger partial charge in [0.05, 0.1) is 21.8 Å². The van der Waals surface area contributed by atoms with E-state index in [0.29, 0.717) is 45.1 Å². The number of aromatic nitrogens is 3. The number of fused-ring (bicyclic) bond motifs is 1. The van der Waals surface area contributed by atoms with Crippen molar-refractivity contribution in [2.75, 3.05) is 0 Å². The number of nitrogens with zero attached hydrogens (tertiary/aromatic N) is 2. The highest BCUT2D eigenvalue weighted by Crippen LogP contribution is 2.27. The molecule has 2 heterocycles. The predicted molar refractivity (Wildman–Crippen MR) is 112 cm³/mol. The zero-order valence-corrected chi connectivity index (χ0v) is 17.4. The summed E-state index contributed by atoms with van der Waals surface area (Å²) >= 11 is 1.26. The molecule has 0 aliphatic heterocycles. The lowest BCUT2D eigenvalue weighted by Crippen LogP contribution is -2.24. The molecule has 0 radical (unpaired) electrons. The Hall–Kier alpha value is -2.67. The van der Waals surface area contributed by atoms with Crippen LogP contribution in [0.25, 0.3) is 10.9 Å². The number of aryl methyl sites for hydroxylation is 1. The van der Waals surface area contributed by atoms with Crippen LogP contribution in [0.5, 0.6) is 0 Å². The largest absolute Gasteiger partial charge is 0.355 e. The fourth-order valence-electron chi connectivity index (χ4n) is 3.46. The molecule has 0 unspecified atom stereocenters. The summed E-state index contributed by atoms with van der Waals surface area (Å²) in [6.45, 7) is 9.20. The Morgan fingerprint density at radius 1 is 1.25 bits per heavy atom. The highest BCUT2D eigenvalue weighted by molar-refractivity contribution is 8.00. The van der Waals surface area contributed by atoms with Crippen molar-refractivity contribution >= 4 is 34.2 Å². The minimum absolute atomic E-state index is 0.0679. The van der Waals surface area contributed by atoms with Crippen LogP contribution < -0.4 is 5.56 Å². The van der Waals surface area contributed by atoms with Gasteiger partial charge in [-0.1, -0.05) is 23.9 Å². The summed E-state index contributed by atoms with van der Waals surface area (Å²) in [6.07, 6.45) is 0. The molecule has 0 saturated heterocycles. The quantitative estimate of drug-likeness (QED) is 0.387. The van der Waals surface area contributed by atoms with Crippen LogP contribution in [0, 0.1) is 13.8 Å². The topological polar surface area (TPSA) is 84.8 Å². The fourth-order valence-corrected chi connectivity index (χ4v) is 4.49. The molecule has 0 fully saturated rings. The first-order chi connectivity index (χ1) is 13.3. The van der Waals surface area contributed by atoms with Crippen molar-refractivity contribution < 1.29 is 9.59 Å². The molecule has 0 aliphatic carbocycles. The lowest BCUT2D eigenvalue weighted by Gasteiger charge is -2.14. The molecule has 146 valence electrons. The molecule has 7 heteroatoms. The van der Waals surface area contributed by atoms with Gasteiger partial charge in [-0.05, 0) is 52.3 Å². The summed E-state index contributed by atoms with van der Waals surface area (Å²) in [5.41, 5.74) is 2.87. The van der Waals surface area contributed by atoms with Gasteiger partial charge < -0.3 is 4.98 Å². The van der Waals surface area contributed by atoms with Crippen molar-refractivity contribution in [2.24, 2.45) is 0 Å². The third kappa shape index (κ3) is 3.42. The second-order valence-electron chi connectivity index (χ2n) is 6.77. The predicted octanol–water partition coefficient (Wildman–Crippen LogP) is 3.93. The van der Waals surface area contributed by atoms with Gasteiger partial charge in [0.25, 0.3) is 5.56 Å². The summed E-state index contributed by atoms with van der Waals surface area (Å²) in [5, 5.41) is 0.608. The summed E-state index contributed by atoms with van der Waals surface area (Å²) in [6, 6.07) is 7.20. The van der Waals surface area contributed by atoms with Crippen LogP contribution in [0.3, 0.4) is 0 Å². The van der Waals surface area contributed by atoms with E-state index in [4.69, 9.17) is 0 Å². The molecule has 0 saturated carbocycles. The molecule has 3 aromatic rings. The van der Waals surface area contributed by atoms with E-state index in [0.717, 1.165) is 0 Å². The van der Waals surface area contributed by atoms with E-state index < -0.39 is 5.25 Å². The number of thioether (sulfide) groups is 1. The second-order valence-corrected chi connectivity index (χ2v) is 8.07. The molecule has 1 aromatic carbocycles. The molecule has 0 aliphatic rings. The first kappa shape index (κ1) is 20.1. The number of hydrogen-bond acceptors (Lipinski definition) is 5. The van der Waals surface area contributed by atoms with Gasteiger partial charge in [0.2, 0.25) is 0 Å². The first-order valence-corrected chi connectivity index (χ1v) is 10.0. The van der Waals surface area contributed by atoms with Crippen LogP contribution in [-0.4, -0.2) is 31.4 Å². The number of benzene rings is 1. The number of aromatic amines is 1. The number of hydrogen-bond donors (Lipinski definition) is 1. The molecule has 0 spiro atoms. The smallest absolute Gasteiger partial charge is 0.262 e. The molecule has 1 N–H and O–H groups in total. The zero-order valence-electron chi connectivity index (χ0n) is 16.6. The highest BCUT2D eigenvalue weighted by atomic mass is 32.2. The van der Waals surface area contributed by atoms with Gasteiger partial charge in [-0.15, -0.1) is 0 Å². The third-order valence-corrected chi connectivity index (χ3v) is 5.92. The Morgan fingerprint density at radius 3 is 2.54 bits per heavy atom. The molecule has 0 amide bonds. The van der Waals surface area contributed by atoms with E-state index in [2.05, 4.69) is 9.97 Å². The average Bonchev–Trinajstić information content (AvgIpc) is 2.95. The Labute approximate surface area is 167 Å². The molecule has 28 heavy (non-hydrogen) atoms. The van der Waals surface area contributed by atoms with E-state index >= 15 is 0 Å². The third-order valence-electron chi connectivity index (χ3n) is 4.83. The Morgan fingerprint density at radius 2 is 1.93 bits per heavy atom. The molecule has 6 nitrogen and oxygen atoms in total. The van der Waals surface area contributed by atoms with E-state index in [9.17, 15) is 14.4 Å². The van der Waals surface area contributed by atoms with Gasteiger partial charge in [0.1, 0.15) is 0 Å². The van der Waals surface area contributed by atoms with E-state index in [1.165, 1.54) is 18.7 Å². The van der Waals surface area contributed by atoms with Crippen LogP contribution in [0.15, 0.2) is 34.2 Å². The van der Waals surface area contributed by atoms with Gasteiger partial charge in [0.15, 0.2) is 16.7 Å². The summed E-state index contributed by atoms with van der Waals surface area (Å²) in [4.78, 5) is 45.3. The number of ketones is 2. The average molecular weight is 398 g/mol. The molecule has 0 bridgehead atoms. The number of para-hydroxylation sites is 1. The number of H-pyrrole nitrogens is 1. The van der Waals surface area contributed by atoms with Crippen LogP contribution in [0.1, 0.15) is 52.9 Å². The van der Waals surface area contributed by atoms with E-state index in [1.54, 1.807) is 37.5 Å². The lowest BCUT2D eigenvalue weighted by molar-refractivity contribution is 0.0988. The zero-order chi connectivity index (χ0) is 20.6. The first-order valence-electron chi connectivity index (χ1n) is 9.16. The monoisotopic (exact) mass is 397 g/mol. The number of carbonyl (C=O) groups is 2. The summed E-state index contributed by atoms with van der Waals surface area (Å²) < 4.78 is 1.59. The summed E-state index contributed by atoms with van der Waals surface area (Å²) in [7, 11) is 0. The van der Waals surface area contributed by atoms with Crippen LogP contribution >= 0.6 is 11.8 Å².